The van der Waals surface area contributed by atoms with E-state index in [2.05, 4.69) is 83.0 Å². The van der Waals surface area contributed by atoms with Crippen molar-refractivity contribution in [1.82, 2.24) is 10.2 Å². The van der Waals surface area contributed by atoms with Crippen LogP contribution in [0.4, 0.5) is 0 Å². The average molecular weight is 602 g/mol. The Labute approximate surface area is 266 Å². The van der Waals surface area contributed by atoms with Crippen molar-refractivity contribution in [3.8, 4) is 0 Å². The molecule has 2 heterocycles. The molecule has 2 atom stereocenters. The van der Waals surface area contributed by atoms with Gasteiger partial charge in [-0.15, -0.1) is 0 Å². The Morgan fingerprint density at radius 2 is 1.42 bits per heavy atom. The summed E-state index contributed by atoms with van der Waals surface area (Å²) in [6, 6.07) is 39.7. The van der Waals surface area contributed by atoms with Crippen LogP contribution >= 0.6 is 0 Å². The Morgan fingerprint density at radius 1 is 0.822 bits per heavy atom. The Morgan fingerprint density at radius 3 is 2.00 bits per heavy atom. The van der Waals surface area contributed by atoms with Gasteiger partial charge in [0.15, 0.2) is 5.76 Å². The molecule has 0 aliphatic carbocycles. The summed E-state index contributed by atoms with van der Waals surface area (Å²) in [4.78, 5) is 15.9. The fraction of sp³-hybridized carbons (Fsp3) is 0.308. The number of carbonyl (C=O) groups is 1. The fourth-order valence-electron chi connectivity index (χ4n) is 7.02. The molecule has 1 saturated heterocycles. The van der Waals surface area contributed by atoms with E-state index in [0.717, 1.165) is 68.7 Å². The van der Waals surface area contributed by atoms with Crippen molar-refractivity contribution >= 4 is 5.91 Å². The number of likely N-dealkylation sites (tertiary alicyclic amines) is 1. The van der Waals surface area contributed by atoms with E-state index in [1.54, 1.807) is 6.26 Å². The first-order valence-electron chi connectivity index (χ1n) is 16.1. The molecule has 0 radical (unpaired) electrons. The third kappa shape index (κ3) is 7.14. The molecule has 1 fully saturated rings. The molecule has 6 nitrogen and oxygen atoms in total. The van der Waals surface area contributed by atoms with Gasteiger partial charge in [-0.05, 0) is 72.5 Å². The largest absolute Gasteiger partial charge is 0.462 e. The summed E-state index contributed by atoms with van der Waals surface area (Å²) in [5.41, 5.74) is 11.3. The lowest BCUT2D eigenvalue weighted by Crippen LogP contribution is -2.49. The van der Waals surface area contributed by atoms with Gasteiger partial charge in [-0.25, -0.2) is 0 Å². The first-order chi connectivity index (χ1) is 22.1. The Bertz CT molecular complexity index is 1500. The fourth-order valence-corrected chi connectivity index (χ4v) is 7.02. The molecule has 0 saturated carbocycles. The van der Waals surface area contributed by atoms with E-state index >= 15 is 0 Å². The van der Waals surface area contributed by atoms with Gasteiger partial charge < -0.3 is 25.4 Å². The smallest absolute Gasteiger partial charge is 0.232 e. The molecule has 2 aliphatic rings. The van der Waals surface area contributed by atoms with Crippen molar-refractivity contribution in [2.24, 2.45) is 11.7 Å². The molecule has 6 heteroatoms. The van der Waals surface area contributed by atoms with Gasteiger partial charge in [-0.2, -0.15) is 0 Å². The minimum atomic E-state index is -0.847. The second-order valence-corrected chi connectivity index (χ2v) is 12.2. The van der Waals surface area contributed by atoms with E-state index in [4.69, 9.17) is 15.2 Å². The van der Waals surface area contributed by atoms with Crippen LogP contribution in [0.25, 0.3) is 0 Å². The summed E-state index contributed by atoms with van der Waals surface area (Å²) in [5, 5.41) is 3.67. The highest BCUT2D eigenvalue weighted by Crippen LogP contribution is 2.43. The lowest BCUT2D eigenvalue weighted by Gasteiger charge is -2.37. The summed E-state index contributed by atoms with van der Waals surface area (Å²) in [6.07, 6.45) is 5.41. The number of hydrogen-bond acceptors (Lipinski definition) is 5. The summed E-state index contributed by atoms with van der Waals surface area (Å²) >= 11 is 0. The van der Waals surface area contributed by atoms with E-state index in [1.807, 2.05) is 42.5 Å². The molecule has 0 spiro atoms. The van der Waals surface area contributed by atoms with Crippen molar-refractivity contribution in [2.75, 3.05) is 33.0 Å². The van der Waals surface area contributed by atoms with Crippen LogP contribution in [0.2, 0.25) is 0 Å². The summed E-state index contributed by atoms with van der Waals surface area (Å²) in [5.74, 6) is 0.695. The molecular weight excluding hydrogens is 558 g/mol. The molecule has 0 aromatic heterocycles. The number of primary amides is 1. The molecule has 1 amide bonds. The predicted molar refractivity (Wildman–Crippen MR) is 178 cm³/mol. The highest BCUT2D eigenvalue weighted by Gasteiger charge is 2.49. The quantitative estimate of drug-likeness (QED) is 0.197. The zero-order valence-corrected chi connectivity index (χ0v) is 25.8. The number of nitrogens with two attached hydrogens (primary N) is 1. The van der Waals surface area contributed by atoms with Gasteiger partial charge >= 0.3 is 0 Å². The number of benzene rings is 4. The summed E-state index contributed by atoms with van der Waals surface area (Å²) in [6.45, 7) is 3.88. The maximum absolute atomic E-state index is 13.4. The standard InChI is InChI=1S/C39H43N3O3/c40-38(43)39(33-12-6-2-7-13-33,34-14-8-3-9-15-34)35-22-25-42(27-35)24-21-31-18-16-30(17-19-31)20-23-41-36(37-28-44-29-45-37)26-32-10-4-1-5-11-32/h1-19,28,35-36,41H,20-27,29H2,(H2,40,43). The first-order valence-corrected chi connectivity index (χ1v) is 16.1. The Balaban J connectivity index is 1.04. The van der Waals surface area contributed by atoms with Crippen LogP contribution in [0.15, 0.2) is 127 Å². The van der Waals surface area contributed by atoms with E-state index < -0.39 is 5.41 Å². The number of nitrogens with one attached hydrogen (secondary N) is 1. The molecule has 2 aliphatic heterocycles. The van der Waals surface area contributed by atoms with Crippen LogP contribution in [-0.4, -0.2) is 49.8 Å². The third-order valence-electron chi connectivity index (χ3n) is 9.39. The van der Waals surface area contributed by atoms with Crippen molar-refractivity contribution in [3.63, 3.8) is 0 Å². The normalized spacial score (nSPS) is 17.3. The van der Waals surface area contributed by atoms with Gasteiger partial charge in [0.05, 0.1) is 6.04 Å². The molecule has 3 N–H and O–H groups in total. The SMILES string of the molecule is NC(=O)C(c1ccccc1)(c1ccccc1)C1CCN(CCc2ccc(CCNC(Cc3ccccc3)C3=COCO3)cc2)C1. The number of rotatable bonds is 14. The highest BCUT2D eigenvalue weighted by molar-refractivity contribution is 5.91. The van der Waals surface area contributed by atoms with E-state index in [1.165, 1.54) is 16.7 Å². The summed E-state index contributed by atoms with van der Waals surface area (Å²) in [7, 11) is 0. The van der Waals surface area contributed by atoms with Gasteiger partial charge in [0.1, 0.15) is 11.7 Å². The monoisotopic (exact) mass is 601 g/mol. The Hall–Kier alpha value is -4.39. The van der Waals surface area contributed by atoms with E-state index in [0.29, 0.717) is 0 Å². The van der Waals surface area contributed by atoms with Crippen LogP contribution in [-0.2, 0) is 38.9 Å². The topological polar surface area (TPSA) is 76.8 Å². The van der Waals surface area contributed by atoms with Crippen LogP contribution in [0.1, 0.15) is 34.2 Å². The molecule has 45 heavy (non-hydrogen) atoms. The van der Waals surface area contributed by atoms with E-state index in [9.17, 15) is 4.79 Å². The number of nitrogens with zero attached hydrogens (tertiary/aromatic N) is 1. The highest BCUT2D eigenvalue weighted by atomic mass is 16.7. The van der Waals surface area contributed by atoms with Gasteiger partial charge in [0.25, 0.3) is 0 Å². The molecule has 0 bridgehead atoms. The minimum absolute atomic E-state index is 0.0792. The molecule has 6 rings (SSSR count). The van der Waals surface area contributed by atoms with Gasteiger partial charge in [-0.1, -0.05) is 115 Å². The Kier molecular flexibility index (Phi) is 9.93. The van der Waals surface area contributed by atoms with Gasteiger partial charge in [0.2, 0.25) is 12.7 Å². The number of hydrogen-bond donors (Lipinski definition) is 2. The first kappa shape index (κ1) is 30.6. The zero-order valence-electron chi connectivity index (χ0n) is 25.8. The second-order valence-electron chi connectivity index (χ2n) is 12.2. The zero-order chi connectivity index (χ0) is 30.9. The van der Waals surface area contributed by atoms with Crippen molar-refractivity contribution in [3.05, 3.63) is 155 Å². The van der Waals surface area contributed by atoms with Crippen LogP contribution < -0.4 is 11.1 Å². The average Bonchev–Trinajstić information content (AvgIpc) is 3.79. The van der Waals surface area contributed by atoms with Crippen molar-refractivity contribution in [2.45, 2.75) is 37.1 Å². The van der Waals surface area contributed by atoms with Crippen LogP contribution in [0, 0.1) is 5.92 Å². The molecule has 4 aromatic carbocycles. The summed E-state index contributed by atoms with van der Waals surface area (Å²) < 4.78 is 11.0. The van der Waals surface area contributed by atoms with Gasteiger partial charge in [0, 0.05) is 13.1 Å². The molecule has 4 aromatic rings. The van der Waals surface area contributed by atoms with Crippen LogP contribution in [0.3, 0.4) is 0 Å². The predicted octanol–water partition coefficient (Wildman–Crippen LogP) is 5.61. The number of carbonyl (C=O) groups excluding carboxylic acids is 1. The van der Waals surface area contributed by atoms with Crippen molar-refractivity contribution < 1.29 is 14.3 Å². The minimum Gasteiger partial charge on any atom is -0.462 e. The lowest BCUT2D eigenvalue weighted by atomic mass is 9.64. The molecule has 2 unspecified atom stereocenters. The van der Waals surface area contributed by atoms with Crippen molar-refractivity contribution in [1.29, 1.82) is 0 Å². The number of ether oxygens (including phenoxy) is 2. The third-order valence-corrected chi connectivity index (χ3v) is 9.39. The maximum atomic E-state index is 13.4. The van der Waals surface area contributed by atoms with Gasteiger partial charge in [-0.3, -0.25) is 4.79 Å². The molecular formula is C39H43N3O3. The maximum Gasteiger partial charge on any atom is 0.232 e. The van der Waals surface area contributed by atoms with E-state index in [-0.39, 0.29) is 24.7 Å². The van der Waals surface area contributed by atoms with Crippen LogP contribution in [0.5, 0.6) is 0 Å². The number of amides is 1. The molecule has 232 valence electrons. The second kappa shape index (κ2) is 14.6. The lowest BCUT2D eigenvalue weighted by molar-refractivity contribution is -0.123.